The number of ether oxygens (including phenoxy) is 1. The van der Waals surface area contributed by atoms with Crippen LogP contribution < -0.4 is 10.3 Å². The number of hydrogen-bond acceptors (Lipinski definition) is 4. The number of aromatic hydroxyl groups is 1. The molecule has 3 rings (SSSR count). The zero-order valence-electron chi connectivity index (χ0n) is 15.8. The topological polar surface area (TPSA) is 64.3 Å². The highest BCUT2D eigenvalue weighted by molar-refractivity contribution is 5.64. The van der Waals surface area contributed by atoms with E-state index >= 15 is 0 Å². The Bertz CT molecular complexity index is 1080. The summed E-state index contributed by atoms with van der Waals surface area (Å²) in [4.78, 5) is 15.6. The molecule has 0 radical (unpaired) electrons. The number of nitrogens with zero attached hydrogens (tertiary/aromatic N) is 2. The van der Waals surface area contributed by atoms with Gasteiger partial charge in [0.2, 0.25) is 5.88 Å². The lowest BCUT2D eigenvalue weighted by Crippen LogP contribution is -2.18. The molecule has 0 unspecified atom stereocenters. The van der Waals surface area contributed by atoms with Crippen molar-refractivity contribution in [3.05, 3.63) is 70.4 Å². The van der Waals surface area contributed by atoms with Crippen molar-refractivity contribution in [2.24, 2.45) is 5.92 Å². The third-order valence-corrected chi connectivity index (χ3v) is 4.10. The Morgan fingerprint density at radius 1 is 1.17 bits per heavy atom. The second-order valence-corrected chi connectivity index (χ2v) is 6.93. The normalized spacial score (nSPS) is 11.3. The first kappa shape index (κ1) is 20.4. The molecule has 0 bridgehead atoms. The van der Waals surface area contributed by atoms with Gasteiger partial charge in [0, 0.05) is 17.7 Å². The molecule has 2 aromatic heterocycles. The molecule has 2 heterocycles. The Hall–Kier alpha value is -3.29. The Kier molecular flexibility index (Phi) is 5.91. The first-order valence-corrected chi connectivity index (χ1v) is 8.91. The standard InChI is InChI=1S/C21H19F3N2O3/c1-12(2)8-13-9-15(20(22)17(27)10-13)16-4-3-5-18(25-16)29-14-6-7-19(28)26(11-14)21(23)24/h3-7,9-12,21,27H,8H2,1-2H3. The number of phenolic OH excluding ortho intramolecular Hbond substituents is 1. The number of aromatic nitrogens is 2. The Morgan fingerprint density at radius 3 is 2.62 bits per heavy atom. The molecule has 0 amide bonds. The van der Waals surface area contributed by atoms with Gasteiger partial charge in [0.1, 0.15) is 5.75 Å². The van der Waals surface area contributed by atoms with Crippen molar-refractivity contribution in [3.8, 4) is 28.6 Å². The van der Waals surface area contributed by atoms with Gasteiger partial charge in [-0.25, -0.2) is 9.37 Å². The van der Waals surface area contributed by atoms with Crippen molar-refractivity contribution in [1.82, 2.24) is 9.55 Å². The molecule has 0 aliphatic heterocycles. The van der Waals surface area contributed by atoms with Crippen LogP contribution in [0.5, 0.6) is 17.4 Å². The van der Waals surface area contributed by atoms with Crippen molar-refractivity contribution in [2.45, 2.75) is 26.8 Å². The molecular weight excluding hydrogens is 385 g/mol. The van der Waals surface area contributed by atoms with Crippen LogP contribution in [0, 0.1) is 11.7 Å². The maximum absolute atomic E-state index is 14.5. The summed E-state index contributed by atoms with van der Waals surface area (Å²) in [5, 5.41) is 9.93. The molecule has 0 aliphatic rings. The molecule has 0 fully saturated rings. The lowest BCUT2D eigenvalue weighted by atomic mass is 9.99. The molecule has 29 heavy (non-hydrogen) atoms. The van der Waals surface area contributed by atoms with Crippen LogP contribution in [0.4, 0.5) is 13.2 Å². The number of alkyl halides is 2. The van der Waals surface area contributed by atoms with Crippen molar-refractivity contribution in [2.75, 3.05) is 0 Å². The van der Waals surface area contributed by atoms with Gasteiger partial charge in [-0.1, -0.05) is 19.9 Å². The van der Waals surface area contributed by atoms with E-state index in [1.54, 1.807) is 18.2 Å². The molecule has 1 aromatic carbocycles. The van der Waals surface area contributed by atoms with E-state index in [1.807, 2.05) is 13.8 Å². The van der Waals surface area contributed by atoms with E-state index in [0.717, 1.165) is 17.8 Å². The Labute approximate surface area is 165 Å². The van der Waals surface area contributed by atoms with Gasteiger partial charge in [-0.05, 0) is 42.2 Å². The van der Waals surface area contributed by atoms with Crippen LogP contribution in [-0.2, 0) is 6.42 Å². The van der Waals surface area contributed by atoms with Crippen LogP contribution >= 0.6 is 0 Å². The van der Waals surface area contributed by atoms with Crippen molar-refractivity contribution >= 4 is 0 Å². The van der Waals surface area contributed by atoms with Gasteiger partial charge < -0.3 is 9.84 Å². The lowest BCUT2D eigenvalue weighted by molar-refractivity contribution is 0.0657. The summed E-state index contributed by atoms with van der Waals surface area (Å²) in [6.45, 7) is 1.00. The minimum absolute atomic E-state index is 0.0218. The minimum atomic E-state index is -3.01. The van der Waals surface area contributed by atoms with Gasteiger partial charge in [-0.15, -0.1) is 0 Å². The summed E-state index contributed by atoms with van der Waals surface area (Å²) in [5.74, 6) is -0.980. The number of rotatable bonds is 6. The number of halogens is 3. The summed E-state index contributed by atoms with van der Waals surface area (Å²) in [5.41, 5.74) is 0.200. The third kappa shape index (κ3) is 4.77. The summed E-state index contributed by atoms with van der Waals surface area (Å²) in [6.07, 6.45) is 1.52. The fourth-order valence-electron chi connectivity index (χ4n) is 2.88. The smallest absolute Gasteiger partial charge is 0.321 e. The van der Waals surface area contributed by atoms with E-state index in [-0.39, 0.29) is 27.5 Å². The summed E-state index contributed by atoms with van der Waals surface area (Å²) in [7, 11) is 0. The van der Waals surface area contributed by atoms with Gasteiger partial charge in [0.05, 0.1) is 11.9 Å². The zero-order valence-corrected chi connectivity index (χ0v) is 15.8. The second kappa shape index (κ2) is 8.38. The van der Waals surface area contributed by atoms with E-state index < -0.39 is 23.7 Å². The summed E-state index contributed by atoms with van der Waals surface area (Å²) < 4.78 is 45.9. The van der Waals surface area contributed by atoms with Gasteiger partial charge in [-0.2, -0.15) is 8.78 Å². The van der Waals surface area contributed by atoms with E-state index in [1.165, 1.54) is 18.2 Å². The highest BCUT2D eigenvalue weighted by Crippen LogP contribution is 2.31. The highest BCUT2D eigenvalue weighted by atomic mass is 19.3. The van der Waals surface area contributed by atoms with Gasteiger partial charge in [-0.3, -0.25) is 9.36 Å². The van der Waals surface area contributed by atoms with Crippen LogP contribution in [0.25, 0.3) is 11.3 Å². The monoisotopic (exact) mass is 404 g/mol. The highest BCUT2D eigenvalue weighted by Gasteiger charge is 2.15. The first-order chi connectivity index (χ1) is 13.7. The van der Waals surface area contributed by atoms with Crippen LogP contribution in [0.2, 0.25) is 0 Å². The summed E-state index contributed by atoms with van der Waals surface area (Å²) in [6, 6.07) is 9.77. The first-order valence-electron chi connectivity index (χ1n) is 8.91. The van der Waals surface area contributed by atoms with E-state index in [2.05, 4.69) is 4.98 Å². The molecule has 152 valence electrons. The average molecular weight is 404 g/mol. The molecule has 0 spiro atoms. The van der Waals surface area contributed by atoms with Crippen LogP contribution in [0.1, 0.15) is 26.0 Å². The van der Waals surface area contributed by atoms with Gasteiger partial charge in [0.25, 0.3) is 5.56 Å². The van der Waals surface area contributed by atoms with E-state index in [4.69, 9.17) is 4.74 Å². The fraction of sp³-hybridized carbons (Fsp3) is 0.238. The molecule has 0 aliphatic carbocycles. The Morgan fingerprint density at radius 2 is 1.93 bits per heavy atom. The van der Waals surface area contributed by atoms with Crippen LogP contribution in [0.3, 0.4) is 0 Å². The molecular formula is C21H19F3N2O3. The minimum Gasteiger partial charge on any atom is -0.505 e. The van der Waals surface area contributed by atoms with E-state index in [9.17, 15) is 23.1 Å². The largest absolute Gasteiger partial charge is 0.505 e. The maximum Gasteiger partial charge on any atom is 0.321 e. The molecule has 0 saturated heterocycles. The van der Waals surface area contributed by atoms with Crippen LogP contribution in [0.15, 0.2) is 53.5 Å². The zero-order chi connectivity index (χ0) is 21.1. The van der Waals surface area contributed by atoms with Gasteiger partial charge in [0.15, 0.2) is 11.6 Å². The number of benzene rings is 1. The maximum atomic E-state index is 14.5. The fourth-order valence-corrected chi connectivity index (χ4v) is 2.88. The molecule has 8 heteroatoms. The lowest BCUT2D eigenvalue weighted by Gasteiger charge is -2.12. The predicted octanol–water partition coefficient (Wildman–Crippen LogP) is 5.14. The molecule has 5 nitrogen and oxygen atoms in total. The van der Waals surface area contributed by atoms with Gasteiger partial charge >= 0.3 is 6.55 Å². The third-order valence-electron chi connectivity index (χ3n) is 4.10. The molecule has 0 saturated carbocycles. The second-order valence-electron chi connectivity index (χ2n) is 6.93. The SMILES string of the molecule is CC(C)Cc1cc(O)c(F)c(-c2cccc(Oc3ccc(=O)n(C(F)F)c3)n2)c1. The predicted molar refractivity (Wildman–Crippen MR) is 102 cm³/mol. The van der Waals surface area contributed by atoms with Crippen LogP contribution in [-0.4, -0.2) is 14.7 Å². The summed E-state index contributed by atoms with van der Waals surface area (Å²) >= 11 is 0. The number of hydrogen-bond donors (Lipinski definition) is 1. The Balaban J connectivity index is 1.96. The number of phenols is 1. The van der Waals surface area contributed by atoms with E-state index in [0.29, 0.717) is 12.3 Å². The van der Waals surface area contributed by atoms with Crippen molar-refractivity contribution in [3.63, 3.8) is 0 Å². The molecule has 3 aromatic rings. The number of pyridine rings is 2. The van der Waals surface area contributed by atoms with Crippen molar-refractivity contribution < 1.29 is 23.0 Å². The molecule has 0 atom stereocenters. The quantitative estimate of drug-likeness (QED) is 0.618. The van der Waals surface area contributed by atoms with Crippen molar-refractivity contribution in [1.29, 1.82) is 0 Å². The molecule has 1 N–H and O–H groups in total. The average Bonchev–Trinajstić information content (AvgIpc) is 2.65.